The van der Waals surface area contributed by atoms with Gasteiger partial charge in [0.1, 0.15) is 24.7 Å². The van der Waals surface area contributed by atoms with Crippen molar-refractivity contribution in [1.82, 2.24) is 0 Å². The van der Waals surface area contributed by atoms with Gasteiger partial charge in [-0.05, 0) is 48.9 Å². The highest BCUT2D eigenvalue weighted by Gasteiger charge is 2.48. The minimum Gasteiger partial charge on any atom is -0.491 e. The molecule has 0 atom stereocenters. The summed E-state index contributed by atoms with van der Waals surface area (Å²) in [6, 6.07) is 13.0. The van der Waals surface area contributed by atoms with Gasteiger partial charge in [-0.15, -0.1) is 0 Å². The summed E-state index contributed by atoms with van der Waals surface area (Å²) < 4.78 is 35.1. The molecule has 0 aromatic heterocycles. The second-order valence-electron chi connectivity index (χ2n) is 8.81. The van der Waals surface area contributed by atoms with Crippen LogP contribution in [-0.2, 0) is 37.2 Å². The standard InChI is InChI=1S/C27H34O6/c1-3-21-7-9-27-10-8-22-4-2-6-24(26(22)27)33-20-18-31-16-14-29-12-11-28-13-15-30-17-19-32-23(5-1)25(21)27/h1-6H,7-20H2. The summed E-state index contributed by atoms with van der Waals surface area (Å²) in [4.78, 5) is 0. The fourth-order valence-corrected chi connectivity index (χ4v) is 5.53. The lowest BCUT2D eigenvalue weighted by Gasteiger charge is -2.30. The van der Waals surface area contributed by atoms with Crippen molar-refractivity contribution in [3.63, 3.8) is 0 Å². The topological polar surface area (TPSA) is 55.4 Å². The van der Waals surface area contributed by atoms with Gasteiger partial charge in [0.2, 0.25) is 0 Å². The Labute approximate surface area is 196 Å². The van der Waals surface area contributed by atoms with Crippen LogP contribution < -0.4 is 9.47 Å². The van der Waals surface area contributed by atoms with Crippen molar-refractivity contribution in [3.05, 3.63) is 58.7 Å². The van der Waals surface area contributed by atoms with Crippen LogP contribution in [0.15, 0.2) is 36.4 Å². The molecule has 33 heavy (non-hydrogen) atoms. The molecule has 0 N–H and O–H groups in total. The molecule has 5 rings (SSSR count). The zero-order chi connectivity index (χ0) is 22.3. The van der Waals surface area contributed by atoms with Crippen LogP contribution in [0.1, 0.15) is 35.1 Å². The third-order valence-corrected chi connectivity index (χ3v) is 6.91. The molecule has 2 aliphatic carbocycles. The molecule has 2 aromatic carbocycles. The third kappa shape index (κ3) is 4.90. The van der Waals surface area contributed by atoms with E-state index in [2.05, 4.69) is 36.4 Å². The minimum atomic E-state index is -0.0417. The SMILES string of the molecule is c1cc2c3c(c1)OCCOCCOCCOCCOCCOc1cccc4c1C3(CC2)CC4. The van der Waals surface area contributed by atoms with Crippen LogP contribution in [0.25, 0.3) is 0 Å². The van der Waals surface area contributed by atoms with Gasteiger partial charge in [0, 0.05) is 16.5 Å². The highest BCUT2D eigenvalue weighted by atomic mass is 16.6. The molecule has 1 aliphatic heterocycles. The van der Waals surface area contributed by atoms with E-state index in [1.165, 1.54) is 22.3 Å². The Balaban J connectivity index is 1.40. The first-order chi connectivity index (χ1) is 16.4. The van der Waals surface area contributed by atoms with Crippen molar-refractivity contribution in [2.24, 2.45) is 0 Å². The van der Waals surface area contributed by atoms with E-state index in [9.17, 15) is 0 Å². The summed E-state index contributed by atoms with van der Waals surface area (Å²) in [5.74, 6) is 1.97. The molecular formula is C27H34O6. The van der Waals surface area contributed by atoms with Crippen molar-refractivity contribution in [3.8, 4) is 11.5 Å². The second-order valence-corrected chi connectivity index (χ2v) is 8.81. The molecule has 0 radical (unpaired) electrons. The molecule has 3 aliphatic rings. The molecular weight excluding hydrogens is 420 g/mol. The maximum Gasteiger partial charge on any atom is 0.123 e. The van der Waals surface area contributed by atoms with E-state index in [-0.39, 0.29) is 5.41 Å². The minimum absolute atomic E-state index is 0.0417. The predicted molar refractivity (Wildman–Crippen MR) is 125 cm³/mol. The summed E-state index contributed by atoms with van der Waals surface area (Å²) >= 11 is 0. The molecule has 6 nitrogen and oxygen atoms in total. The predicted octanol–water partition coefficient (Wildman–Crippen LogP) is 3.70. The van der Waals surface area contributed by atoms with Crippen molar-refractivity contribution in [2.75, 3.05) is 66.1 Å². The highest BCUT2D eigenvalue weighted by Crippen LogP contribution is 2.57. The van der Waals surface area contributed by atoms with Gasteiger partial charge in [-0.1, -0.05) is 24.3 Å². The number of hydrogen-bond acceptors (Lipinski definition) is 6. The van der Waals surface area contributed by atoms with Crippen molar-refractivity contribution >= 4 is 0 Å². The van der Waals surface area contributed by atoms with Gasteiger partial charge >= 0.3 is 0 Å². The maximum atomic E-state index is 6.30. The van der Waals surface area contributed by atoms with E-state index in [0.29, 0.717) is 66.1 Å². The van der Waals surface area contributed by atoms with Gasteiger partial charge in [0.15, 0.2) is 0 Å². The lowest BCUT2D eigenvalue weighted by Crippen LogP contribution is -2.24. The average Bonchev–Trinajstić information content (AvgIpc) is 3.41. The molecule has 0 unspecified atom stereocenters. The Kier molecular flexibility index (Phi) is 7.47. The van der Waals surface area contributed by atoms with E-state index in [0.717, 1.165) is 37.2 Å². The Morgan fingerprint density at radius 1 is 0.485 bits per heavy atom. The molecule has 6 heteroatoms. The normalized spacial score (nSPS) is 21.7. The van der Waals surface area contributed by atoms with E-state index in [1.807, 2.05) is 0 Å². The highest BCUT2D eigenvalue weighted by molar-refractivity contribution is 5.62. The molecule has 0 saturated heterocycles. The van der Waals surface area contributed by atoms with Crippen molar-refractivity contribution in [1.29, 1.82) is 0 Å². The zero-order valence-electron chi connectivity index (χ0n) is 19.3. The lowest BCUT2D eigenvalue weighted by molar-refractivity contribution is -0.00697. The van der Waals surface area contributed by atoms with E-state index < -0.39 is 0 Å². The van der Waals surface area contributed by atoms with Crippen LogP contribution >= 0.6 is 0 Å². The first-order valence-electron chi connectivity index (χ1n) is 12.2. The summed E-state index contributed by atoms with van der Waals surface area (Å²) in [6.45, 7) is 5.46. The summed E-state index contributed by atoms with van der Waals surface area (Å²) in [7, 11) is 0. The molecule has 2 aromatic rings. The van der Waals surface area contributed by atoms with Crippen LogP contribution in [0.3, 0.4) is 0 Å². The maximum absolute atomic E-state index is 6.30. The fraction of sp³-hybridized carbons (Fsp3) is 0.556. The van der Waals surface area contributed by atoms with Gasteiger partial charge in [0.05, 0.1) is 52.9 Å². The molecule has 0 bridgehead atoms. The van der Waals surface area contributed by atoms with Crippen LogP contribution in [0.4, 0.5) is 0 Å². The van der Waals surface area contributed by atoms with Crippen LogP contribution in [0.2, 0.25) is 0 Å². The zero-order valence-corrected chi connectivity index (χ0v) is 19.3. The Bertz CT molecular complexity index is 851. The quantitative estimate of drug-likeness (QED) is 0.605. The third-order valence-electron chi connectivity index (χ3n) is 6.91. The summed E-state index contributed by atoms with van der Waals surface area (Å²) in [5, 5.41) is 0. The number of rotatable bonds is 0. The average molecular weight is 455 g/mol. The second kappa shape index (κ2) is 10.9. The van der Waals surface area contributed by atoms with Gasteiger partial charge in [-0.25, -0.2) is 0 Å². The van der Waals surface area contributed by atoms with E-state index in [4.69, 9.17) is 28.4 Å². The summed E-state index contributed by atoms with van der Waals surface area (Å²) in [6.07, 6.45) is 4.32. The molecule has 0 fully saturated rings. The summed E-state index contributed by atoms with van der Waals surface area (Å²) in [5.41, 5.74) is 5.45. The largest absolute Gasteiger partial charge is 0.491 e. The van der Waals surface area contributed by atoms with Gasteiger partial charge in [-0.3, -0.25) is 0 Å². The van der Waals surface area contributed by atoms with E-state index in [1.54, 1.807) is 0 Å². The lowest BCUT2D eigenvalue weighted by atomic mass is 9.76. The number of ether oxygens (including phenoxy) is 6. The Morgan fingerprint density at radius 2 is 0.879 bits per heavy atom. The van der Waals surface area contributed by atoms with Gasteiger partial charge in [-0.2, -0.15) is 0 Å². The number of aryl methyl sites for hydroxylation is 2. The van der Waals surface area contributed by atoms with Gasteiger partial charge < -0.3 is 28.4 Å². The van der Waals surface area contributed by atoms with Crippen LogP contribution in [-0.4, -0.2) is 66.1 Å². The van der Waals surface area contributed by atoms with Crippen LogP contribution in [0.5, 0.6) is 11.5 Å². The van der Waals surface area contributed by atoms with Crippen LogP contribution in [0, 0.1) is 0 Å². The molecule has 0 amide bonds. The number of benzene rings is 2. The molecule has 178 valence electrons. The molecule has 0 saturated carbocycles. The van der Waals surface area contributed by atoms with Crippen molar-refractivity contribution in [2.45, 2.75) is 31.1 Å². The Morgan fingerprint density at radius 3 is 1.30 bits per heavy atom. The smallest absolute Gasteiger partial charge is 0.123 e. The molecule has 1 spiro atoms. The fourth-order valence-electron chi connectivity index (χ4n) is 5.53. The van der Waals surface area contributed by atoms with Crippen molar-refractivity contribution < 1.29 is 28.4 Å². The Hall–Kier alpha value is -2.12. The van der Waals surface area contributed by atoms with E-state index >= 15 is 0 Å². The first-order valence-corrected chi connectivity index (χ1v) is 12.2. The molecule has 1 heterocycles. The van der Waals surface area contributed by atoms with Gasteiger partial charge in [0.25, 0.3) is 0 Å². The first kappa shape index (κ1) is 22.7. The monoisotopic (exact) mass is 454 g/mol. The number of hydrogen-bond donors (Lipinski definition) is 0.